The van der Waals surface area contributed by atoms with E-state index in [1.54, 1.807) is 12.1 Å². The molecule has 1 unspecified atom stereocenters. The van der Waals surface area contributed by atoms with Gasteiger partial charge >= 0.3 is 0 Å². The van der Waals surface area contributed by atoms with E-state index >= 15 is 0 Å². The molecule has 0 aliphatic rings. The van der Waals surface area contributed by atoms with Crippen LogP contribution in [0, 0.1) is 11.7 Å². The molecular formula is C13H18FNO2. The van der Waals surface area contributed by atoms with Crippen molar-refractivity contribution in [2.45, 2.75) is 26.2 Å². The number of nitrogens with two attached hydrogens (primary N) is 1. The Morgan fingerprint density at radius 2 is 2.12 bits per heavy atom. The summed E-state index contributed by atoms with van der Waals surface area (Å²) in [6.07, 6.45) is 0.226. The summed E-state index contributed by atoms with van der Waals surface area (Å²) in [6, 6.07) is 4.75. The van der Waals surface area contributed by atoms with Crippen LogP contribution in [0.4, 0.5) is 4.39 Å². The average Bonchev–Trinajstić information content (AvgIpc) is 2.25. The minimum absolute atomic E-state index is 0.0621. The van der Waals surface area contributed by atoms with Crippen LogP contribution in [0.3, 0.4) is 0 Å². The van der Waals surface area contributed by atoms with E-state index < -0.39 is 5.82 Å². The quantitative estimate of drug-likeness (QED) is 0.858. The van der Waals surface area contributed by atoms with E-state index in [0.29, 0.717) is 0 Å². The molecule has 4 heteroatoms. The van der Waals surface area contributed by atoms with Gasteiger partial charge in [0, 0.05) is 6.42 Å². The third kappa shape index (κ3) is 3.44. The van der Waals surface area contributed by atoms with Gasteiger partial charge in [0.1, 0.15) is 0 Å². The fraction of sp³-hybridized carbons (Fsp3) is 0.462. The normalized spacial score (nSPS) is 12.5. The van der Waals surface area contributed by atoms with Crippen LogP contribution in [0.2, 0.25) is 0 Å². The van der Waals surface area contributed by atoms with Crippen LogP contribution in [0.15, 0.2) is 18.2 Å². The lowest BCUT2D eigenvalue weighted by molar-refractivity contribution is -0.118. The van der Waals surface area contributed by atoms with Gasteiger partial charge in [0.15, 0.2) is 11.6 Å². The van der Waals surface area contributed by atoms with E-state index in [9.17, 15) is 9.18 Å². The molecule has 0 saturated heterocycles. The van der Waals surface area contributed by atoms with Gasteiger partial charge in [-0.2, -0.15) is 0 Å². The van der Waals surface area contributed by atoms with Gasteiger partial charge in [-0.3, -0.25) is 4.79 Å². The van der Waals surface area contributed by atoms with Gasteiger partial charge in [0.05, 0.1) is 7.11 Å². The highest BCUT2D eigenvalue weighted by Gasteiger charge is 2.19. The van der Waals surface area contributed by atoms with Gasteiger partial charge in [0.2, 0.25) is 5.91 Å². The highest BCUT2D eigenvalue weighted by molar-refractivity contribution is 5.74. The van der Waals surface area contributed by atoms with Crippen LogP contribution < -0.4 is 10.5 Å². The number of primary amides is 1. The topological polar surface area (TPSA) is 52.3 Å². The Morgan fingerprint density at radius 3 is 2.53 bits per heavy atom. The van der Waals surface area contributed by atoms with Crippen LogP contribution >= 0.6 is 0 Å². The molecule has 0 saturated carbocycles. The van der Waals surface area contributed by atoms with Crippen molar-refractivity contribution >= 4 is 5.91 Å². The summed E-state index contributed by atoms with van der Waals surface area (Å²) in [4.78, 5) is 11.0. The lowest BCUT2D eigenvalue weighted by Crippen LogP contribution is -2.18. The number of halogens is 1. The summed E-state index contributed by atoms with van der Waals surface area (Å²) in [7, 11) is 1.42. The van der Waals surface area contributed by atoms with Crippen molar-refractivity contribution in [3.63, 3.8) is 0 Å². The Hall–Kier alpha value is -1.58. The third-order valence-electron chi connectivity index (χ3n) is 2.83. The van der Waals surface area contributed by atoms with Gasteiger partial charge in [0.25, 0.3) is 0 Å². The van der Waals surface area contributed by atoms with E-state index in [-0.39, 0.29) is 29.9 Å². The predicted molar refractivity (Wildman–Crippen MR) is 64.3 cm³/mol. The Bertz CT molecular complexity index is 404. The number of benzene rings is 1. The monoisotopic (exact) mass is 239 g/mol. The Balaban J connectivity index is 3.02. The second kappa shape index (κ2) is 5.66. The number of ether oxygens (including phenoxy) is 1. The predicted octanol–water partition coefficient (Wildman–Crippen LogP) is 2.45. The number of hydrogen-bond donors (Lipinski definition) is 1. The van der Waals surface area contributed by atoms with Crippen molar-refractivity contribution in [1.82, 2.24) is 0 Å². The highest BCUT2D eigenvalue weighted by Crippen LogP contribution is 2.30. The fourth-order valence-electron chi connectivity index (χ4n) is 1.87. The van der Waals surface area contributed by atoms with Gasteiger partial charge in [-0.15, -0.1) is 0 Å². The van der Waals surface area contributed by atoms with Crippen LogP contribution in [0.25, 0.3) is 0 Å². The van der Waals surface area contributed by atoms with Crippen LogP contribution in [0.1, 0.15) is 31.7 Å². The largest absolute Gasteiger partial charge is 0.494 e. The molecule has 0 heterocycles. The molecule has 0 radical (unpaired) electrons. The van der Waals surface area contributed by atoms with Crippen molar-refractivity contribution in [3.8, 4) is 5.75 Å². The lowest BCUT2D eigenvalue weighted by Gasteiger charge is -2.20. The number of carbonyl (C=O) groups excluding carboxylic acids is 1. The number of carbonyl (C=O) groups is 1. The molecule has 1 rings (SSSR count). The SMILES string of the molecule is COc1ccc(C(CC(N)=O)C(C)C)cc1F. The molecule has 1 amide bonds. The molecule has 0 spiro atoms. The zero-order valence-corrected chi connectivity index (χ0v) is 10.4. The van der Waals surface area contributed by atoms with E-state index in [2.05, 4.69) is 0 Å². The Kier molecular flexibility index (Phi) is 4.49. The maximum absolute atomic E-state index is 13.6. The summed E-state index contributed by atoms with van der Waals surface area (Å²) in [5.74, 6) is -0.432. The van der Waals surface area contributed by atoms with Crippen molar-refractivity contribution in [2.75, 3.05) is 7.11 Å². The molecule has 2 N–H and O–H groups in total. The van der Waals surface area contributed by atoms with Gasteiger partial charge < -0.3 is 10.5 Å². The van der Waals surface area contributed by atoms with E-state index in [1.807, 2.05) is 13.8 Å². The van der Waals surface area contributed by atoms with Crippen molar-refractivity contribution in [1.29, 1.82) is 0 Å². The molecule has 3 nitrogen and oxygen atoms in total. The minimum atomic E-state index is -0.417. The lowest BCUT2D eigenvalue weighted by atomic mass is 9.85. The maximum atomic E-state index is 13.6. The minimum Gasteiger partial charge on any atom is -0.494 e. The molecule has 0 aromatic heterocycles. The first-order valence-electron chi connectivity index (χ1n) is 5.57. The van der Waals surface area contributed by atoms with E-state index in [1.165, 1.54) is 13.2 Å². The number of amides is 1. The maximum Gasteiger partial charge on any atom is 0.218 e. The first-order chi connectivity index (χ1) is 7.95. The molecule has 0 aliphatic carbocycles. The van der Waals surface area contributed by atoms with Crippen molar-refractivity contribution in [2.24, 2.45) is 11.7 Å². The summed E-state index contributed by atoms with van der Waals surface area (Å²) < 4.78 is 18.4. The number of methoxy groups -OCH3 is 1. The van der Waals surface area contributed by atoms with Crippen LogP contribution in [-0.2, 0) is 4.79 Å². The first kappa shape index (κ1) is 13.5. The third-order valence-corrected chi connectivity index (χ3v) is 2.83. The van der Waals surface area contributed by atoms with E-state index in [0.717, 1.165) is 5.56 Å². The molecule has 0 aliphatic heterocycles. The molecule has 17 heavy (non-hydrogen) atoms. The molecule has 1 atom stereocenters. The summed E-state index contributed by atoms with van der Waals surface area (Å²) >= 11 is 0. The zero-order valence-electron chi connectivity index (χ0n) is 10.4. The molecule has 0 bridgehead atoms. The second-order valence-corrected chi connectivity index (χ2v) is 4.41. The van der Waals surface area contributed by atoms with Crippen LogP contribution in [0.5, 0.6) is 5.75 Å². The first-order valence-corrected chi connectivity index (χ1v) is 5.57. The van der Waals surface area contributed by atoms with Gasteiger partial charge in [-0.25, -0.2) is 4.39 Å². The molecule has 1 aromatic rings. The summed E-state index contributed by atoms with van der Waals surface area (Å²) in [5, 5.41) is 0. The molecule has 1 aromatic carbocycles. The summed E-state index contributed by atoms with van der Waals surface area (Å²) in [5.41, 5.74) is 5.98. The highest BCUT2D eigenvalue weighted by atomic mass is 19.1. The molecular weight excluding hydrogens is 221 g/mol. The molecule has 94 valence electrons. The van der Waals surface area contributed by atoms with Crippen molar-refractivity contribution < 1.29 is 13.9 Å². The standard InChI is InChI=1S/C13H18FNO2/c1-8(2)10(7-13(15)16)9-4-5-12(17-3)11(14)6-9/h4-6,8,10H,7H2,1-3H3,(H2,15,16). The fourth-order valence-corrected chi connectivity index (χ4v) is 1.87. The smallest absolute Gasteiger partial charge is 0.218 e. The zero-order chi connectivity index (χ0) is 13.0. The van der Waals surface area contributed by atoms with Crippen molar-refractivity contribution in [3.05, 3.63) is 29.6 Å². The second-order valence-electron chi connectivity index (χ2n) is 4.41. The number of rotatable bonds is 5. The number of hydrogen-bond acceptors (Lipinski definition) is 2. The molecule has 0 fully saturated rings. The van der Waals surface area contributed by atoms with Gasteiger partial charge in [-0.05, 0) is 29.5 Å². The summed E-state index contributed by atoms with van der Waals surface area (Å²) in [6.45, 7) is 3.96. The van der Waals surface area contributed by atoms with Crippen LogP contribution in [-0.4, -0.2) is 13.0 Å². The van der Waals surface area contributed by atoms with Gasteiger partial charge in [-0.1, -0.05) is 19.9 Å². The Labute approximate surface area is 101 Å². The Morgan fingerprint density at radius 1 is 1.47 bits per heavy atom. The van der Waals surface area contributed by atoms with E-state index in [4.69, 9.17) is 10.5 Å². The average molecular weight is 239 g/mol.